The summed E-state index contributed by atoms with van der Waals surface area (Å²) in [4.78, 5) is 22.9. The first kappa shape index (κ1) is 25.0. The van der Waals surface area contributed by atoms with E-state index in [1.165, 1.54) is 0 Å². The summed E-state index contributed by atoms with van der Waals surface area (Å²) in [5.41, 5.74) is 3.65. The van der Waals surface area contributed by atoms with Crippen molar-refractivity contribution < 1.29 is 32.3 Å². The Balaban J connectivity index is 1.60. The molecule has 1 amide bonds. The van der Waals surface area contributed by atoms with E-state index in [4.69, 9.17) is 9.52 Å². The van der Waals surface area contributed by atoms with E-state index in [9.17, 15) is 22.8 Å². The SMILES string of the molecule is O=C(O)CCNC(=O)c1ccc(C(CCC(F)(F)F)c2ccc3cc(-c4ccoc4)ccc3c2)cc1. The summed E-state index contributed by atoms with van der Waals surface area (Å²) in [6.45, 7) is -0.0104. The highest BCUT2D eigenvalue weighted by molar-refractivity contribution is 5.94. The molecule has 1 unspecified atom stereocenters. The van der Waals surface area contributed by atoms with Crippen molar-refractivity contribution in [2.24, 2.45) is 0 Å². The van der Waals surface area contributed by atoms with Crippen LogP contribution in [0, 0.1) is 0 Å². The van der Waals surface area contributed by atoms with Crippen LogP contribution in [-0.2, 0) is 4.79 Å². The minimum atomic E-state index is -4.29. The molecular weight excluding hydrogens is 471 g/mol. The zero-order valence-electron chi connectivity index (χ0n) is 19.2. The number of carbonyl (C=O) groups is 2. The number of carboxylic acids is 1. The van der Waals surface area contributed by atoms with Crippen molar-refractivity contribution in [2.75, 3.05) is 6.54 Å². The number of carbonyl (C=O) groups excluding carboxylic acids is 1. The van der Waals surface area contributed by atoms with Gasteiger partial charge >= 0.3 is 12.1 Å². The van der Waals surface area contributed by atoms with Crippen LogP contribution < -0.4 is 5.32 Å². The number of halogens is 3. The largest absolute Gasteiger partial charge is 0.481 e. The molecule has 0 spiro atoms. The molecule has 5 nitrogen and oxygen atoms in total. The second-order valence-electron chi connectivity index (χ2n) is 8.56. The smallest absolute Gasteiger partial charge is 0.389 e. The molecule has 1 heterocycles. The van der Waals surface area contributed by atoms with Crippen LogP contribution in [0.1, 0.15) is 46.7 Å². The van der Waals surface area contributed by atoms with E-state index >= 15 is 0 Å². The van der Waals surface area contributed by atoms with Crippen LogP contribution in [0.15, 0.2) is 83.7 Å². The standard InChI is InChI=1S/C28H24F3NO4/c29-28(30,31)12-9-25(18-1-3-19(4-2-18)27(35)32-13-10-26(33)34)23-8-7-20-15-22(6-5-21(20)16-23)24-11-14-36-17-24/h1-8,11,14-17,25H,9-10,12-13H2,(H,32,35)(H,33,34). The molecular formula is C28H24F3NO4. The Labute approximate surface area is 205 Å². The van der Waals surface area contributed by atoms with E-state index < -0.39 is 30.4 Å². The van der Waals surface area contributed by atoms with Crippen molar-refractivity contribution in [3.05, 3.63) is 95.9 Å². The topological polar surface area (TPSA) is 79.5 Å². The number of fused-ring (bicyclic) bond motifs is 1. The van der Waals surface area contributed by atoms with Gasteiger partial charge in [-0.3, -0.25) is 9.59 Å². The molecule has 8 heteroatoms. The van der Waals surface area contributed by atoms with Crippen LogP contribution in [-0.4, -0.2) is 29.7 Å². The number of benzene rings is 3. The van der Waals surface area contributed by atoms with Gasteiger partial charge in [-0.1, -0.05) is 42.5 Å². The Morgan fingerprint density at radius 3 is 2.25 bits per heavy atom. The second-order valence-corrected chi connectivity index (χ2v) is 8.56. The van der Waals surface area contributed by atoms with E-state index in [0.29, 0.717) is 11.1 Å². The lowest BCUT2D eigenvalue weighted by Gasteiger charge is -2.20. The van der Waals surface area contributed by atoms with Crippen molar-refractivity contribution in [1.29, 1.82) is 0 Å². The van der Waals surface area contributed by atoms with Crippen LogP contribution in [0.3, 0.4) is 0 Å². The molecule has 1 aromatic heterocycles. The summed E-state index contributed by atoms with van der Waals surface area (Å²) >= 11 is 0. The molecule has 0 bridgehead atoms. The molecule has 0 aliphatic heterocycles. The highest BCUT2D eigenvalue weighted by Crippen LogP contribution is 2.36. The molecule has 36 heavy (non-hydrogen) atoms. The summed E-state index contributed by atoms with van der Waals surface area (Å²) < 4.78 is 44.5. The molecule has 3 aromatic carbocycles. The fourth-order valence-corrected chi connectivity index (χ4v) is 4.17. The van der Waals surface area contributed by atoms with Gasteiger partial charge in [-0.2, -0.15) is 13.2 Å². The first-order valence-electron chi connectivity index (χ1n) is 11.4. The van der Waals surface area contributed by atoms with Crippen LogP contribution >= 0.6 is 0 Å². The maximum absolute atomic E-state index is 13.1. The predicted molar refractivity (Wildman–Crippen MR) is 130 cm³/mol. The van der Waals surface area contributed by atoms with Crippen molar-refractivity contribution in [1.82, 2.24) is 5.32 Å². The Morgan fingerprint density at radius 1 is 0.889 bits per heavy atom. The second kappa shape index (κ2) is 10.7. The summed E-state index contributed by atoms with van der Waals surface area (Å²) in [6.07, 6.45) is -2.32. The minimum absolute atomic E-state index is 0.0104. The average molecular weight is 495 g/mol. The van der Waals surface area contributed by atoms with E-state index in [1.54, 1.807) is 36.8 Å². The fourth-order valence-electron chi connectivity index (χ4n) is 4.17. The highest BCUT2D eigenvalue weighted by atomic mass is 19.4. The highest BCUT2D eigenvalue weighted by Gasteiger charge is 2.29. The molecule has 2 N–H and O–H groups in total. The Bertz CT molecular complexity index is 1350. The van der Waals surface area contributed by atoms with Gasteiger partial charge in [0, 0.05) is 30.0 Å². The fraction of sp³-hybridized carbons (Fsp3) is 0.214. The van der Waals surface area contributed by atoms with Crippen molar-refractivity contribution >= 4 is 22.6 Å². The molecule has 4 rings (SSSR count). The third-order valence-electron chi connectivity index (χ3n) is 6.04. The van der Waals surface area contributed by atoms with E-state index in [0.717, 1.165) is 27.5 Å². The first-order valence-corrected chi connectivity index (χ1v) is 11.4. The van der Waals surface area contributed by atoms with E-state index in [2.05, 4.69) is 5.32 Å². The van der Waals surface area contributed by atoms with Crippen molar-refractivity contribution in [2.45, 2.75) is 31.4 Å². The zero-order valence-corrected chi connectivity index (χ0v) is 19.2. The predicted octanol–water partition coefficient (Wildman–Crippen LogP) is 6.78. The maximum Gasteiger partial charge on any atom is 0.389 e. The zero-order chi connectivity index (χ0) is 25.7. The Hall–Kier alpha value is -4.07. The van der Waals surface area contributed by atoms with Crippen molar-refractivity contribution in [3.63, 3.8) is 0 Å². The molecule has 1 atom stereocenters. The summed E-state index contributed by atoms with van der Waals surface area (Å²) in [6, 6.07) is 19.8. The minimum Gasteiger partial charge on any atom is -0.481 e. The van der Waals surface area contributed by atoms with Gasteiger partial charge in [0.2, 0.25) is 0 Å². The maximum atomic E-state index is 13.1. The van der Waals surface area contributed by atoms with Gasteiger partial charge in [0.05, 0.1) is 18.9 Å². The molecule has 4 aromatic rings. The number of hydrogen-bond donors (Lipinski definition) is 2. The van der Waals surface area contributed by atoms with Gasteiger partial charge in [-0.15, -0.1) is 0 Å². The van der Waals surface area contributed by atoms with Gasteiger partial charge in [0.1, 0.15) is 0 Å². The third kappa shape index (κ3) is 6.33. The van der Waals surface area contributed by atoms with Gasteiger partial charge in [0.15, 0.2) is 0 Å². The van der Waals surface area contributed by atoms with Crippen LogP contribution in [0.2, 0.25) is 0 Å². The van der Waals surface area contributed by atoms with E-state index in [-0.39, 0.29) is 19.4 Å². The lowest BCUT2D eigenvalue weighted by Crippen LogP contribution is -2.25. The van der Waals surface area contributed by atoms with Crippen molar-refractivity contribution in [3.8, 4) is 11.1 Å². The number of carboxylic acid groups (broad SMARTS) is 1. The van der Waals surface area contributed by atoms with Gasteiger partial charge in [-0.25, -0.2) is 0 Å². The number of hydrogen-bond acceptors (Lipinski definition) is 3. The molecule has 186 valence electrons. The molecule has 0 radical (unpaired) electrons. The van der Waals surface area contributed by atoms with Gasteiger partial charge in [-0.05, 0) is 58.1 Å². The summed E-state index contributed by atoms with van der Waals surface area (Å²) in [5.74, 6) is -1.98. The molecule has 0 saturated heterocycles. The summed E-state index contributed by atoms with van der Waals surface area (Å²) in [5, 5.41) is 13.1. The third-order valence-corrected chi connectivity index (χ3v) is 6.04. The van der Waals surface area contributed by atoms with Crippen LogP contribution in [0.4, 0.5) is 13.2 Å². The van der Waals surface area contributed by atoms with Gasteiger partial charge < -0.3 is 14.8 Å². The average Bonchev–Trinajstić information content (AvgIpc) is 3.38. The molecule has 0 aliphatic rings. The lowest BCUT2D eigenvalue weighted by molar-refractivity contribution is -0.137. The summed E-state index contributed by atoms with van der Waals surface area (Å²) in [7, 11) is 0. The molecule has 0 saturated carbocycles. The monoisotopic (exact) mass is 495 g/mol. The number of amides is 1. The van der Waals surface area contributed by atoms with Gasteiger partial charge in [0.25, 0.3) is 5.91 Å². The normalized spacial score (nSPS) is 12.4. The number of alkyl halides is 3. The number of aliphatic carboxylic acids is 1. The Kier molecular flexibility index (Phi) is 7.43. The number of rotatable bonds is 9. The first-order chi connectivity index (χ1) is 17.2. The van der Waals surface area contributed by atoms with E-state index in [1.807, 2.05) is 42.5 Å². The number of nitrogens with one attached hydrogen (secondary N) is 1. The van der Waals surface area contributed by atoms with Crippen LogP contribution in [0.5, 0.6) is 0 Å². The Morgan fingerprint density at radius 2 is 1.58 bits per heavy atom. The molecule has 0 fully saturated rings. The number of furan rings is 1. The molecule has 0 aliphatic carbocycles. The quantitative estimate of drug-likeness (QED) is 0.268. The lowest BCUT2D eigenvalue weighted by atomic mass is 9.85. The van der Waals surface area contributed by atoms with Crippen LogP contribution in [0.25, 0.3) is 21.9 Å².